The van der Waals surface area contributed by atoms with Gasteiger partial charge in [0.15, 0.2) is 0 Å². The van der Waals surface area contributed by atoms with E-state index in [4.69, 9.17) is 10.1 Å². The van der Waals surface area contributed by atoms with Gasteiger partial charge < -0.3 is 4.90 Å². The Morgan fingerprint density at radius 2 is 1.76 bits per heavy atom. The van der Waals surface area contributed by atoms with E-state index in [1.165, 1.54) is 18.0 Å². The van der Waals surface area contributed by atoms with Gasteiger partial charge in [0.05, 0.1) is 11.4 Å². The van der Waals surface area contributed by atoms with E-state index < -0.39 is 6.04 Å². The number of amides is 3. The summed E-state index contributed by atoms with van der Waals surface area (Å²) < 4.78 is 16.1. The largest absolute Gasteiger partial charge is 0.416 e. The van der Waals surface area contributed by atoms with Crippen LogP contribution < -0.4 is 4.90 Å². The topological polar surface area (TPSA) is 78.1 Å². The third kappa shape index (κ3) is 3.54. The number of rotatable bonds is 4. The number of hydrogen-bond donors (Lipinski definition) is 0. The van der Waals surface area contributed by atoms with E-state index >= 15 is 0 Å². The standard InChI is InChI=1S/C23H30FN8O2/c1-15-16(2)32-19-20(27(3)23(34)28(4)21(19)33)25-22(32)31(26-15)14-11-29-9-12-30(13-10-29)18-8-6-5-7-17(18)24/h5-8,16,19H,9-14H2,1-4H3/q+1. The third-order valence-corrected chi connectivity index (χ3v) is 7.17. The molecule has 11 heteroatoms. The molecule has 4 aliphatic rings. The molecule has 5 rings (SSSR count). The number of piperazine rings is 1. The molecular formula is C23H30FN8O2+. The summed E-state index contributed by atoms with van der Waals surface area (Å²) >= 11 is 0. The fraction of sp³-hybridized carbons (Fsp3) is 0.522. The number of halogens is 1. The third-order valence-electron chi connectivity index (χ3n) is 7.17. The van der Waals surface area contributed by atoms with E-state index in [-0.39, 0.29) is 23.8 Å². The van der Waals surface area contributed by atoms with Gasteiger partial charge in [-0.3, -0.25) is 19.5 Å². The highest BCUT2D eigenvalue weighted by Crippen LogP contribution is 2.25. The molecule has 2 fully saturated rings. The number of carbonyl (C=O) groups excluding carboxylic acids is 2. The van der Waals surface area contributed by atoms with Crippen LogP contribution in [0.4, 0.5) is 14.9 Å². The quantitative estimate of drug-likeness (QED) is 0.607. The van der Waals surface area contributed by atoms with Crippen LogP contribution in [0.15, 0.2) is 34.4 Å². The summed E-state index contributed by atoms with van der Waals surface area (Å²) in [6.45, 7) is 8.44. The van der Waals surface area contributed by atoms with E-state index in [0.29, 0.717) is 24.0 Å². The lowest BCUT2D eigenvalue weighted by atomic mass is 10.1. The molecule has 0 radical (unpaired) electrons. The molecular weight excluding hydrogens is 439 g/mol. The minimum absolute atomic E-state index is 0.110. The Morgan fingerprint density at radius 3 is 2.47 bits per heavy atom. The van der Waals surface area contributed by atoms with Gasteiger partial charge in [0, 0.05) is 46.8 Å². The number of likely N-dealkylation sites (N-methyl/N-ethyl adjacent to an activating group) is 2. The molecule has 2 atom stereocenters. The van der Waals surface area contributed by atoms with Gasteiger partial charge in [0.25, 0.3) is 5.91 Å². The molecule has 1 aromatic rings. The number of anilines is 1. The predicted molar refractivity (Wildman–Crippen MR) is 127 cm³/mol. The Morgan fingerprint density at radius 1 is 1.06 bits per heavy atom. The number of benzene rings is 1. The summed E-state index contributed by atoms with van der Waals surface area (Å²) in [5, 5.41) is 6.60. The molecule has 34 heavy (non-hydrogen) atoms. The van der Waals surface area contributed by atoms with Crippen LogP contribution in [-0.4, -0.2) is 119 Å². The lowest BCUT2D eigenvalue weighted by Gasteiger charge is -2.36. The Balaban J connectivity index is 1.29. The minimum atomic E-state index is -0.630. The number of nitrogens with zero attached hydrogens (tertiary/aromatic N) is 8. The van der Waals surface area contributed by atoms with Crippen molar-refractivity contribution in [3.63, 3.8) is 0 Å². The number of hydrazone groups is 1. The second kappa shape index (κ2) is 8.46. The molecule has 2 saturated heterocycles. The van der Waals surface area contributed by atoms with Gasteiger partial charge >= 0.3 is 12.0 Å². The number of fused-ring (bicyclic) bond motifs is 2. The average Bonchev–Trinajstić information content (AvgIpc) is 3.25. The number of urea groups is 1. The second-order valence-electron chi connectivity index (χ2n) is 9.14. The van der Waals surface area contributed by atoms with Crippen LogP contribution >= 0.6 is 0 Å². The van der Waals surface area contributed by atoms with Crippen molar-refractivity contribution in [3.8, 4) is 0 Å². The summed E-state index contributed by atoms with van der Waals surface area (Å²) in [7, 11) is 3.15. The zero-order chi connectivity index (χ0) is 24.1. The van der Waals surface area contributed by atoms with Crippen molar-refractivity contribution in [1.29, 1.82) is 0 Å². The van der Waals surface area contributed by atoms with Crippen molar-refractivity contribution in [2.24, 2.45) is 10.1 Å². The first-order valence-electron chi connectivity index (χ1n) is 11.6. The van der Waals surface area contributed by atoms with E-state index in [2.05, 4.69) is 9.80 Å². The van der Waals surface area contributed by atoms with Crippen LogP contribution in [0.5, 0.6) is 0 Å². The molecule has 0 spiro atoms. The predicted octanol–water partition coefficient (Wildman–Crippen LogP) is 0.701. The molecule has 0 N–H and O–H groups in total. The van der Waals surface area contributed by atoms with Crippen LogP contribution in [0.1, 0.15) is 13.8 Å². The second-order valence-corrected chi connectivity index (χ2v) is 9.14. The van der Waals surface area contributed by atoms with E-state index in [0.717, 1.165) is 43.3 Å². The minimum Gasteiger partial charge on any atom is -0.367 e. The molecule has 3 amide bonds. The van der Waals surface area contributed by atoms with Crippen molar-refractivity contribution in [3.05, 3.63) is 30.1 Å². The average molecular weight is 470 g/mol. The lowest BCUT2D eigenvalue weighted by molar-refractivity contribution is -0.559. The van der Waals surface area contributed by atoms with E-state index in [1.54, 1.807) is 13.1 Å². The fourth-order valence-electron chi connectivity index (χ4n) is 4.96. The summed E-state index contributed by atoms with van der Waals surface area (Å²) in [4.78, 5) is 37.1. The van der Waals surface area contributed by atoms with Crippen LogP contribution in [0.25, 0.3) is 0 Å². The molecule has 4 aliphatic heterocycles. The maximum atomic E-state index is 14.1. The number of para-hydroxylation sites is 1. The van der Waals surface area contributed by atoms with Crippen molar-refractivity contribution in [2.45, 2.75) is 25.9 Å². The first-order valence-corrected chi connectivity index (χ1v) is 11.6. The zero-order valence-corrected chi connectivity index (χ0v) is 20.0. The molecule has 1 aromatic carbocycles. The van der Waals surface area contributed by atoms with Gasteiger partial charge in [-0.2, -0.15) is 0 Å². The first-order chi connectivity index (χ1) is 16.3. The number of carbonyl (C=O) groups is 2. The molecule has 2 unspecified atom stereocenters. The highest BCUT2D eigenvalue weighted by atomic mass is 19.1. The molecule has 0 aromatic heterocycles. The first kappa shape index (κ1) is 22.5. The van der Waals surface area contributed by atoms with Crippen molar-refractivity contribution < 1.29 is 18.6 Å². The SMILES string of the molecule is CC1=NN(CCN2CCN(c3ccccc3F)CC2)C2=[N+](C1C)C1C(=O)N(C)C(=O)N(C)C1=N2. The number of hydrogen-bond acceptors (Lipinski definition) is 7. The fourth-order valence-corrected chi connectivity index (χ4v) is 4.96. The maximum Gasteiger partial charge on any atom is 0.416 e. The molecule has 0 saturated carbocycles. The van der Waals surface area contributed by atoms with Gasteiger partial charge in [-0.1, -0.05) is 17.1 Å². The lowest BCUT2D eigenvalue weighted by Crippen LogP contribution is -2.63. The van der Waals surface area contributed by atoms with Gasteiger partial charge in [-0.25, -0.2) is 13.8 Å². The summed E-state index contributed by atoms with van der Waals surface area (Å²) in [6.07, 6.45) is 0. The zero-order valence-electron chi connectivity index (χ0n) is 20.0. The van der Waals surface area contributed by atoms with E-state index in [9.17, 15) is 14.0 Å². The van der Waals surface area contributed by atoms with Crippen LogP contribution in [0, 0.1) is 5.82 Å². The molecule has 0 bridgehead atoms. The van der Waals surface area contributed by atoms with Gasteiger partial charge in [-0.15, -0.1) is 10.1 Å². The molecule has 10 nitrogen and oxygen atoms in total. The highest BCUT2D eigenvalue weighted by Gasteiger charge is 2.55. The normalized spacial score (nSPS) is 25.6. The highest BCUT2D eigenvalue weighted by molar-refractivity contribution is 6.23. The maximum absolute atomic E-state index is 14.1. The Kier molecular flexibility index (Phi) is 5.59. The van der Waals surface area contributed by atoms with Crippen LogP contribution in [-0.2, 0) is 4.79 Å². The van der Waals surface area contributed by atoms with E-state index in [1.807, 2.05) is 35.6 Å². The Labute approximate surface area is 198 Å². The number of aliphatic imine (C=N–C) groups is 1. The Bertz CT molecular complexity index is 1120. The van der Waals surface area contributed by atoms with Crippen molar-refractivity contribution >= 4 is 35.1 Å². The monoisotopic (exact) mass is 469 g/mol. The van der Waals surface area contributed by atoms with Crippen LogP contribution in [0.3, 0.4) is 0 Å². The molecule has 180 valence electrons. The van der Waals surface area contributed by atoms with Gasteiger partial charge in [0.2, 0.25) is 11.9 Å². The van der Waals surface area contributed by atoms with Crippen molar-refractivity contribution in [1.82, 2.24) is 19.7 Å². The molecule has 4 heterocycles. The summed E-state index contributed by atoms with van der Waals surface area (Å²) in [6, 6.07) is 5.76. The summed E-state index contributed by atoms with van der Waals surface area (Å²) in [5.41, 5.74) is 1.54. The number of imide groups is 1. The summed E-state index contributed by atoms with van der Waals surface area (Å²) in [5.74, 6) is 0.586. The Hall–Kier alpha value is -3.34. The van der Waals surface area contributed by atoms with Gasteiger partial charge in [0.1, 0.15) is 18.4 Å². The number of amidine groups is 1. The van der Waals surface area contributed by atoms with Crippen molar-refractivity contribution in [2.75, 3.05) is 58.3 Å². The van der Waals surface area contributed by atoms with Gasteiger partial charge in [-0.05, 0) is 26.0 Å². The smallest absolute Gasteiger partial charge is 0.367 e. The van der Waals surface area contributed by atoms with Crippen LogP contribution in [0.2, 0.25) is 0 Å². The molecule has 0 aliphatic carbocycles. The number of guanidine groups is 1.